The molecular formula is C19H27NO. The van der Waals surface area contributed by atoms with Crippen LogP contribution in [0.1, 0.15) is 68.6 Å². The number of hydrogen-bond acceptors (Lipinski definition) is 1. The van der Waals surface area contributed by atoms with E-state index >= 15 is 0 Å². The van der Waals surface area contributed by atoms with E-state index in [1.54, 1.807) is 0 Å². The number of fused-ring (bicyclic) bond motifs is 1. The van der Waals surface area contributed by atoms with Gasteiger partial charge in [-0.2, -0.15) is 0 Å². The van der Waals surface area contributed by atoms with E-state index in [9.17, 15) is 4.79 Å². The highest BCUT2D eigenvalue weighted by molar-refractivity contribution is 5.96. The molecule has 0 aliphatic rings. The molecule has 0 fully saturated rings. The predicted molar refractivity (Wildman–Crippen MR) is 89.9 cm³/mol. The van der Waals surface area contributed by atoms with E-state index in [-0.39, 0.29) is 0 Å². The zero-order chi connectivity index (χ0) is 14.9. The third-order valence-corrected chi connectivity index (χ3v) is 4.20. The van der Waals surface area contributed by atoms with E-state index in [0.717, 1.165) is 23.9 Å². The zero-order valence-electron chi connectivity index (χ0n) is 13.2. The third kappa shape index (κ3) is 4.45. The fourth-order valence-electron chi connectivity index (χ4n) is 2.99. The Morgan fingerprint density at radius 1 is 0.952 bits per heavy atom. The summed E-state index contributed by atoms with van der Waals surface area (Å²) >= 11 is 0. The van der Waals surface area contributed by atoms with Gasteiger partial charge >= 0.3 is 0 Å². The van der Waals surface area contributed by atoms with E-state index in [4.69, 9.17) is 0 Å². The van der Waals surface area contributed by atoms with Crippen molar-refractivity contribution in [2.24, 2.45) is 0 Å². The molecule has 1 aromatic heterocycles. The molecule has 0 amide bonds. The van der Waals surface area contributed by atoms with Crippen molar-refractivity contribution in [2.45, 2.75) is 64.8 Å². The standard InChI is InChI=1S/C19H27NO/c1-2-3-4-5-6-7-8-9-14-20-15-13-17-11-10-12-18(16-21)19(17)20/h10-13,15-16H,2-9,14H2,1H3. The summed E-state index contributed by atoms with van der Waals surface area (Å²) in [6.07, 6.45) is 13.7. The Morgan fingerprint density at radius 3 is 2.38 bits per heavy atom. The Kier molecular flexibility index (Phi) is 6.52. The first-order valence-corrected chi connectivity index (χ1v) is 8.40. The number of benzene rings is 1. The molecule has 0 saturated carbocycles. The van der Waals surface area contributed by atoms with Crippen molar-refractivity contribution in [3.63, 3.8) is 0 Å². The van der Waals surface area contributed by atoms with Crippen molar-refractivity contribution in [1.82, 2.24) is 4.57 Å². The molecule has 2 rings (SSSR count). The number of para-hydroxylation sites is 1. The van der Waals surface area contributed by atoms with Gasteiger partial charge in [-0.05, 0) is 18.6 Å². The van der Waals surface area contributed by atoms with Crippen LogP contribution < -0.4 is 0 Å². The summed E-state index contributed by atoms with van der Waals surface area (Å²) in [5.74, 6) is 0. The van der Waals surface area contributed by atoms with Gasteiger partial charge in [0.1, 0.15) is 0 Å². The van der Waals surface area contributed by atoms with E-state index in [2.05, 4.69) is 29.8 Å². The van der Waals surface area contributed by atoms with Gasteiger partial charge in [0.25, 0.3) is 0 Å². The second kappa shape index (κ2) is 8.66. The summed E-state index contributed by atoms with van der Waals surface area (Å²) in [7, 11) is 0. The lowest BCUT2D eigenvalue weighted by molar-refractivity contribution is 0.112. The Hall–Kier alpha value is -1.57. The molecule has 0 spiro atoms. The summed E-state index contributed by atoms with van der Waals surface area (Å²) in [5, 5.41) is 1.17. The summed E-state index contributed by atoms with van der Waals surface area (Å²) in [5.41, 5.74) is 1.90. The normalized spacial score (nSPS) is 11.1. The van der Waals surface area contributed by atoms with Gasteiger partial charge in [-0.15, -0.1) is 0 Å². The van der Waals surface area contributed by atoms with Crippen LogP contribution in [0, 0.1) is 0 Å². The second-order valence-electron chi connectivity index (χ2n) is 5.89. The minimum Gasteiger partial charge on any atom is -0.347 e. The Labute approximate surface area is 128 Å². The van der Waals surface area contributed by atoms with Crippen molar-refractivity contribution in [3.05, 3.63) is 36.0 Å². The minimum atomic E-state index is 0.803. The molecule has 21 heavy (non-hydrogen) atoms. The molecule has 2 nitrogen and oxygen atoms in total. The lowest BCUT2D eigenvalue weighted by Gasteiger charge is -2.07. The average molecular weight is 285 g/mol. The largest absolute Gasteiger partial charge is 0.347 e. The quantitative estimate of drug-likeness (QED) is 0.411. The fourth-order valence-corrected chi connectivity index (χ4v) is 2.99. The molecule has 0 aliphatic heterocycles. The number of hydrogen-bond donors (Lipinski definition) is 0. The molecule has 0 saturated heterocycles. The number of aryl methyl sites for hydroxylation is 1. The van der Waals surface area contributed by atoms with Gasteiger partial charge < -0.3 is 4.57 Å². The first-order valence-electron chi connectivity index (χ1n) is 8.40. The van der Waals surface area contributed by atoms with Crippen LogP contribution in [0.5, 0.6) is 0 Å². The molecule has 0 aliphatic carbocycles. The molecule has 0 atom stereocenters. The zero-order valence-corrected chi connectivity index (χ0v) is 13.2. The summed E-state index contributed by atoms with van der Waals surface area (Å²) < 4.78 is 2.23. The Bertz CT molecular complexity index is 556. The molecule has 2 heteroatoms. The molecule has 0 radical (unpaired) electrons. The van der Waals surface area contributed by atoms with Crippen LogP contribution in [0.2, 0.25) is 0 Å². The number of aromatic nitrogens is 1. The highest BCUT2D eigenvalue weighted by atomic mass is 16.1. The smallest absolute Gasteiger partial charge is 0.152 e. The van der Waals surface area contributed by atoms with E-state index in [1.165, 1.54) is 56.8 Å². The van der Waals surface area contributed by atoms with Crippen molar-refractivity contribution in [2.75, 3.05) is 0 Å². The van der Waals surface area contributed by atoms with Crippen LogP contribution >= 0.6 is 0 Å². The third-order valence-electron chi connectivity index (χ3n) is 4.20. The molecule has 1 heterocycles. The lowest BCUT2D eigenvalue weighted by atomic mass is 10.1. The van der Waals surface area contributed by atoms with Crippen LogP contribution in [0.3, 0.4) is 0 Å². The SMILES string of the molecule is CCCCCCCCCCn1ccc2cccc(C=O)c21. The van der Waals surface area contributed by atoms with Crippen molar-refractivity contribution in [1.29, 1.82) is 0 Å². The van der Waals surface area contributed by atoms with Crippen molar-refractivity contribution < 1.29 is 4.79 Å². The van der Waals surface area contributed by atoms with Gasteiger partial charge in [0.05, 0.1) is 5.52 Å². The maximum absolute atomic E-state index is 11.2. The van der Waals surface area contributed by atoms with Crippen LogP contribution in [-0.4, -0.2) is 10.9 Å². The molecule has 2 aromatic rings. The molecular weight excluding hydrogens is 258 g/mol. The average Bonchev–Trinajstić information content (AvgIpc) is 2.93. The second-order valence-corrected chi connectivity index (χ2v) is 5.89. The van der Waals surface area contributed by atoms with Gasteiger partial charge in [0.2, 0.25) is 0 Å². The van der Waals surface area contributed by atoms with Gasteiger partial charge in [0.15, 0.2) is 6.29 Å². The Morgan fingerprint density at radius 2 is 1.67 bits per heavy atom. The predicted octanol–water partition coefficient (Wildman–Crippen LogP) is 5.59. The number of aldehydes is 1. The van der Waals surface area contributed by atoms with E-state index in [0.29, 0.717) is 0 Å². The van der Waals surface area contributed by atoms with Gasteiger partial charge in [-0.3, -0.25) is 4.79 Å². The molecule has 1 aromatic carbocycles. The van der Waals surface area contributed by atoms with Crippen LogP contribution in [0.15, 0.2) is 30.5 Å². The molecule has 114 valence electrons. The van der Waals surface area contributed by atoms with Gasteiger partial charge in [-0.25, -0.2) is 0 Å². The van der Waals surface area contributed by atoms with Crippen LogP contribution in [0.25, 0.3) is 10.9 Å². The van der Waals surface area contributed by atoms with E-state index in [1.807, 2.05) is 12.1 Å². The first kappa shape index (κ1) is 15.8. The number of nitrogens with zero attached hydrogens (tertiary/aromatic N) is 1. The van der Waals surface area contributed by atoms with Crippen molar-refractivity contribution >= 4 is 17.2 Å². The minimum absolute atomic E-state index is 0.803. The first-order chi connectivity index (χ1) is 10.4. The van der Waals surface area contributed by atoms with Gasteiger partial charge in [-0.1, -0.05) is 64.0 Å². The fraction of sp³-hybridized carbons (Fsp3) is 0.526. The maximum atomic E-state index is 11.2. The highest BCUT2D eigenvalue weighted by Crippen LogP contribution is 2.20. The van der Waals surface area contributed by atoms with Crippen LogP contribution in [0.4, 0.5) is 0 Å². The molecule has 0 N–H and O–H groups in total. The van der Waals surface area contributed by atoms with Crippen LogP contribution in [-0.2, 0) is 6.54 Å². The molecule has 0 unspecified atom stereocenters. The van der Waals surface area contributed by atoms with E-state index < -0.39 is 0 Å². The number of rotatable bonds is 10. The number of unbranched alkanes of at least 4 members (excludes halogenated alkanes) is 7. The number of carbonyl (C=O) groups is 1. The highest BCUT2D eigenvalue weighted by Gasteiger charge is 2.05. The van der Waals surface area contributed by atoms with Crippen molar-refractivity contribution in [3.8, 4) is 0 Å². The topological polar surface area (TPSA) is 22.0 Å². The Balaban J connectivity index is 1.77. The lowest BCUT2D eigenvalue weighted by Crippen LogP contribution is -1.98. The summed E-state index contributed by atoms with van der Waals surface area (Å²) in [6.45, 7) is 3.28. The maximum Gasteiger partial charge on any atom is 0.152 e. The molecule has 0 bridgehead atoms. The van der Waals surface area contributed by atoms with Gasteiger partial charge in [0, 0.05) is 23.7 Å². The summed E-state index contributed by atoms with van der Waals surface area (Å²) in [4.78, 5) is 11.2. The monoisotopic (exact) mass is 285 g/mol. The summed E-state index contributed by atoms with van der Waals surface area (Å²) in [6, 6.07) is 8.03. The number of carbonyl (C=O) groups excluding carboxylic acids is 1.